The Bertz CT molecular complexity index is 330. The van der Waals surface area contributed by atoms with Gasteiger partial charge >= 0.3 is 0 Å². The van der Waals surface area contributed by atoms with Gasteiger partial charge in [-0.3, -0.25) is 0 Å². The van der Waals surface area contributed by atoms with E-state index in [4.69, 9.17) is 5.73 Å². The first kappa shape index (κ1) is 12.7. The van der Waals surface area contributed by atoms with E-state index in [1.807, 2.05) is 13.0 Å². The predicted octanol–water partition coefficient (Wildman–Crippen LogP) is 2.92. The molecule has 1 unspecified atom stereocenters. The monoisotopic (exact) mass is 222 g/mol. The highest BCUT2D eigenvalue weighted by Gasteiger charge is 2.16. The largest absolute Gasteiger partial charge is 0.383 e. The molecule has 0 radical (unpaired) electrons. The molecule has 0 amide bonds. The molecule has 0 aliphatic heterocycles. The van der Waals surface area contributed by atoms with E-state index in [9.17, 15) is 4.39 Å². The lowest BCUT2D eigenvalue weighted by Gasteiger charge is -2.25. The van der Waals surface area contributed by atoms with Crippen LogP contribution in [-0.4, -0.2) is 12.1 Å². The van der Waals surface area contributed by atoms with E-state index in [-0.39, 0.29) is 11.4 Å². The van der Waals surface area contributed by atoms with Crippen molar-refractivity contribution in [1.82, 2.24) is 0 Å². The van der Waals surface area contributed by atoms with Gasteiger partial charge in [0.2, 0.25) is 0 Å². The van der Waals surface area contributed by atoms with Gasteiger partial charge in [0.25, 0.3) is 0 Å². The van der Waals surface area contributed by atoms with Crippen molar-refractivity contribution in [2.75, 3.05) is 11.9 Å². The lowest BCUT2D eigenvalue weighted by molar-refractivity contribution is 0.460. The van der Waals surface area contributed by atoms with Crippen molar-refractivity contribution < 1.29 is 4.39 Å². The van der Waals surface area contributed by atoms with Crippen LogP contribution in [0.1, 0.15) is 19.8 Å². The third-order valence-corrected chi connectivity index (χ3v) is 2.46. The quantitative estimate of drug-likeness (QED) is 0.726. The molecule has 1 rings (SSSR count). The van der Waals surface area contributed by atoms with Gasteiger partial charge < -0.3 is 11.1 Å². The first-order valence-corrected chi connectivity index (χ1v) is 5.43. The second-order valence-corrected chi connectivity index (χ2v) is 4.34. The highest BCUT2D eigenvalue weighted by Crippen LogP contribution is 2.13. The Morgan fingerprint density at radius 1 is 1.44 bits per heavy atom. The molecule has 0 fully saturated rings. The maximum atomic E-state index is 12.7. The third-order valence-electron chi connectivity index (χ3n) is 2.46. The van der Waals surface area contributed by atoms with Gasteiger partial charge in [-0.2, -0.15) is 0 Å². The van der Waals surface area contributed by atoms with E-state index in [2.05, 4.69) is 11.9 Å². The van der Waals surface area contributed by atoms with E-state index in [0.717, 1.165) is 18.5 Å². The number of benzene rings is 1. The summed E-state index contributed by atoms with van der Waals surface area (Å²) in [6.07, 6.45) is 3.64. The van der Waals surface area contributed by atoms with Crippen LogP contribution >= 0.6 is 0 Å². The van der Waals surface area contributed by atoms with E-state index in [0.29, 0.717) is 6.54 Å². The second-order valence-electron chi connectivity index (χ2n) is 4.34. The van der Waals surface area contributed by atoms with E-state index >= 15 is 0 Å². The minimum Gasteiger partial charge on any atom is -0.383 e. The van der Waals surface area contributed by atoms with Gasteiger partial charge in [0.05, 0.1) is 0 Å². The van der Waals surface area contributed by atoms with Crippen molar-refractivity contribution >= 4 is 5.69 Å². The van der Waals surface area contributed by atoms with Crippen LogP contribution in [0.2, 0.25) is 0 Å². The smallest absolute Gasteiger partial charge is 0.123 e. The van der Waals surface area contributed by atoms with Gasteiger partial charge in [-0.25, -0.2) is 4.39 Å². The van der Waals surface area contributed by atoms with Crippen LogP contribution in [0.4, 0.5) is 10.1 Å². The third kappa shape index (κ3) is 4.45. The molecule has 2 nitrogen and oxygen atoms in total. The Kier molecular flexibility index (Phi) is 4.50. The molecule has 0 aliphatic rings. The van der Waals surface area contributed by atoms with Crippen molar-refractivity contribution in [3.05, 3.63) is 42.7 Å². The SMILES string of the molecule is C=CCCC(C)(N)CNc1ccc(F)cc1. The predicted molar refractivity (Wildman–Crippen MR) is 66.9 cm³/mol. The van der Waals surface area contributed by atoms with Crippen LogP contribution in [0.3, 0.4) is 0 Å². The first-order chi connectivity index (χ1) is 7.53. The van der Waals surface area contributed by atoms with E-state index in [1.54, 1.807) is 12.1 Å². The van der Waals surface area contributed by atoms with Crippen LogP contribution in [0.5, 0.6) is 0 Å². The molecule has 1 aromatic rings. The zero-order valence-electron chi connectivity index (χ0n) is 9.67. The number of allylic oxidation sites excluding steroid dienone is 1. The Labute approximate surface area is 96.4 Å². The summed E-state index contributed by atoms with van der Waals surface area (Å²) in [4.78, 5) is 0. The lowest BCUT2D eigenvalue weighted by Crippen LogP contribution is -2.43. The number of nitrogens with two attached hydrogens (primary N) is 1. The number of hydrogen-bond donors (Lipinski definition) is 2. The van der Waals surface area contributed by atoms with Gasteiger partial charge in [0.15, 0.2) is 0 Å². The summed E-state index contributed by atoms with van der Waals surface area (Å²) in [6, 6.07) is 6.28. The number of halogens is 1. The minimum absolute atomic E-state index is 0.229. The van der Waals surface area contributed by atoms with Crippen molar-refractivity contribution in [2.45, 2.75) is 25.3 Å². The fraction of sp³-hybridized carbons (Fsp3) is 0.385. The van der Waals surface area contributed by atoms with Crippen LogP contribution in [-0.2, 0) is 0 Å². The summed E-state index contributed by atoms with van der Waals surface area (Å²) in [5, 5.41) is 3.20. The molecule has 0 aromatic heterocycles. The Morgan fingerprint density at radius 2 is 2.06 bits per heavy atom. The van der Waals surface area contributed by atoms with Gasteiger partial charge in [0, 0.05) is 17.8 Å². The molecular weight excluding hydrogens is 203 g/mol. The molecule has 0 saturated carbocycles. The van der Waals surface area contributed by atoms with Gasteiger partial charge in [0.1, 0.15) is 5.82 Å². The maximum absolute atomic E-state index is 12.7. The highest BCUT2D eigenvalue weighted by atomic mass is 19.1. The summed E-state index contributed by atoms with van der Waals surface area (Å²) in [6.45, 7) is 6.33. The molecule has 1 atom stereocenters. The summed E-state index contributed by atoms with van der Waals surface area (Å²) in [7, 11) is 0. The van der Waals surface area contributed by atoms with E-state index in [1.165, 1.54) is 12.1 Å². The van der Waals surface area contributed by atoms with Crippen molar-refractivity contribution in [3.8, 4) is 0 Å². The molecular formula is C13H19FN2. The molecule has 0 spiro atoms. The topological polar surface area (TPSA) is 38.0 Å². The first-order valence-electron chi connectivity index (χ1n) is 5.43. The van der Waals surface area contributed by atoms with Gasteiger partial charge in [-0.05, 0) is 44.0 Å². The molecule has 88 valence electrons. The summed E-state index contributed by atoms with van der Waals surface area (Å²) >= 11 is 0. The van der Waals surface area contributed by atoms with Crippen molar-refractivity contribution in [3.63, 3.8) is 0 Å². The fourth-order valence-corrected chi connectivity index (χ4v) is 1.39. The maximum Gasteiger partial charge on any atom is 0.123 e. The molecule has 16 heavy (non-hydrogen) atoms. The van der Waals surface area contributed by atoms with Crippen LogP contribution in [0.15, 0.2) is 36.9 Å². The number of rotatable bonds is 6. The Balaban J connectivity index is 2.44. The second kappa shape index (κ2) is 5.66. The number of anilines is 1. The average Bonchev–Trinajstić information content (AvgIpc) is 2.26. The normalized spacial score (nSPS) is 14.2. The van der Waals surface area contributed by atoms with Crippen molar-refractivity contribution in [1.29, 1.82) is 0 Å². The molecule has 0 aliphatic carbocycles. The molecule has 0 heterocycles. The average molecular weight is 222 g/mol. The molecule has 0 bridgehead atoms. The van der Waals surface area contributed by atoms with Gasteiger partial charge in [-0.1, -0.05) is 6.08 Å². The van der Waals surface area contributed by atoms with E-state index < -0.39 is 0 Å². The van der Waals surface area contributed by atoms with Crippen molar-refractivity contribution in [2.24, 2.45) is 5.73 Å². The van der Waals surface area contributed by atoms with Crippen LogP contribution < -0.4 is 11.1 Å². The molecule has 3 N–H and O–H groups in total. The summed E-state index contributed by atoms with van der Waals surface area (Å²) in [5.41, 5.74) is 6.71. The Hall–Kier alpha value is -1.35. The number of nitrogens with one attached hydrogen (secondary N) is 1. The standard InChI is InChI=1S/C13H19FN2/c1-3-4-9-13(2,15)10-16-12-7-5-11(14)6-8-12/h3,5-8,16H,1,4,9-10,15H2,2H3. The summed E-state index contributed by atoms with van der Waals surface area (Å²) < 4.78 is 12.7. The molecule has 0 saturated heterocycles. The molecule has 3 heteroatoms. The lowest BCUT2D eigenvalue weighted by atomic mass is 9.97. The van der Waals surface area contributed by atoms with Gasteiger partial charge in [-0.15, -0.1) is 6.58 Å². The zero-order valence-corrected chi connectivity index (χ0v) is 9.67. The zero-order chi connectivity index (χ0) is 12.0. The molecule has 1 aromatic carbocycles. The van der Waals surface area contributed by atoms with Crippen LogP contribution in [0.25, 0.3) is 0 Å². The highest BCUT2D eigenvalue weighted by molar-refractivity contribution is 5.43. The fourth-order valence-electron chi connectivity index (χ4n) is 1.39. The minimum atomic E-state index is -0.275. The Morgan fingerprint density at radius 3 is 2.62 bits per heavy atom. The summed E-state index contributed by atoms with van der Waals surface area (Å²) in [5.74, 6) is -0.229. The van der Waals surface area contributed by atoms with Crippen LogP contribution in [0, 0.1) is 5.82 Å². The number of hydrogen-bond acceptors (Lipinski definition) is 2.